The van der Waals surface area contributed by atoms with Gasteiger partial charge in [-0.15, -0.1) is 0 Å². The molecule has 0 bridgehead atoms. The fourth-order valence-corrected chi connectivity index (χ4v) is 9.75. The van der Waals surface area contributed by atoms with Crippen molar-refractivity contribution in [2.75, 3.05) is 4.90 Å². The smallest absolute Gasteiger partial charge is 0.238 e. The summed E-state index contributed by atoms with van der Waals surface area (Å²) in [6.07, 6.45) is 3.99. The second kappa shape index (κ2) is 11.7. The molecule has 0 unspecified atom stereocenters. The summed E-state index contributed by atoms with van der Waals surface area (Å²) in [4.78, 5) is 60.4. The number of carbonyl (C=O) groups is 4. The molecule has 7 heteroatoms. The van der Waals surface area contributed by atoms with Crippen LogP contribution in [0.4, 0.5) is 5.69 Å². The number of amides is 2. The fraction of sp³-hybridized carbons (Fsp3) is 0.182. The zero-order chi connectivity index (χ0) is 35.0. The molecule has 51 heavy (non-hydrogen) atoms. The molecule has 3 aliphatic carbocycles. The topological polar surface area (TPSA) is 91.8 Å². The van der Waals surface area contributed by atoms with Crippen LogP contribution >= 0.6 is 11.6 Å². The summed E-state index contributed by atoms with van der Waals surface area (Å²) in [5, 5.41) is 14.0. The van der Waals surface area contributed by atoms with Crippen molar-refractivity contribution in [1.29, 1.82) is 0 Å². The predicted molar refractivity (Wildman–Crippen MR) is 196 cm³/mol. The van der Waals surface area contributed by atoms with Crippen molar-refractivity contribution in [2.45, 2.75) is 24.2 Å². The third kappa shape index (κ3) is 4.49. The van der Waals surface area contributed by atoms with Crippen molar-refractivity contribution in [1.82, 2.24) is 0 Å². The van der Waals surface area contributed by atoms with Gasteiger partial charge in [-0.05, 0) is 77.1 Å². The number of imide groups is 1. The zero-order valence-electron chi connectivity index (χ0n) is 27.4. The van der Waals surface area contributed by atoms with Gasteiger partial charge < -0.3 is 5.11 Å². The molecule has 5 aromatic carbocycles. The van der Waals surface area contributed by atoms with E-state index in [0.29, 0.717) is 33.0 Å². The van der Waals surface area contributed by atoms with Crippen molar-refractivity contribution >= 4 is 57.0 Å². The van der Waals surface area contributed by atoms with Crippen LogP contribution in [-0.2, 0) is 24.6 Å². The Morgan fingerprint density at radius 2 is 1.41 bits per heavy atom. The first-order valence-corrected chi connectivity index (χ1v) is 17.6. The van der Waals surface area contributed by atoms with Gasteiger partial charge in [-0.2, -0.15) is 0 Å². The first-order valence-electron chi connectivity index (χ1n) is 17.3. The molecule has 1 saturated heterocycles. The Labute approximate surface area is 299 Å². The average Bonchev–Trinajstić information content (AvgIpc) is 3.42. The lowest BCUT2D eigenvalue weighted by Crippen LogP contribution is -2.58. The highest BCUT2D eigenvalue weighted by Crippen LogP contribution is 2.65. The van der Waals surface area contributed by atoms with Gasteiger partial charge in [0.05, 0.1) is 22.9 Å². The Balaban J connectivity index is 1.32. The zero-order valence-corrected chi connectivity index (χ0v) is 28.2. The van der Waals surface area contributed by atoms with Gasteiger partial charge in [0.2, 0.25) is 11.8 Å². The van der Waals surface area contributed by atoms with E-state index in [4.69, 9.17) is 11.6 Å². The number of phenolic OH excluding ortho intramolecular Hbond substituents is 1. The summed E-state index contributed by atoms with van der Waals surface area (Å²) in [6, 6.07) is 36.5. The van der Waals surface area contributed by atoms with Crippen LogP contribution < -0.4 is 4.90 Å². The number of Topliss-reactive ketones (excluding diaryl/α,β-unsaturated/α-hetero) is 1. The Morgan fingerprint density at radius 3 is 2.16 bits per heavy atom. The van der Waals surface area contributed by atoms with E-state index < -0.39 is 35.0 Å². The first kappa shape index (κ1) is 31.4. The number of fused-ring (bicyclic) bond motifs is 5. The molecule has 1 N–H and O–H groups in total. The molecule has 250 valence electrons. The molecular weight excluding hydrogens is 658 g/mol. The maximum absolute atomic E-state index is 15.3. The number of aromatic hydroxyl groups is 1. The molecule has 2 amide bonds. The maximum Gasteiger partial charge on any atom is 0.238 e. The summed E-state index contributed by atoms with van der Waals surface area (Å²) in [5.74, 6) is -4.68. The number of nitrogens with zero attached hydrogens (tertiary/aromatic N) is 1. The maximum atomic E-state index is 15.3. The van der Waals surface area contributed by atoms with Gasteiger partial charge in [-0.3, -0.25) is 24.1 Å². The number of benzene rings is 5. The van der Waals surface area contributed by atoms with Gasteiger partial charge in [-0.25, -0.2) is 0 Å². The Kier molecular flexibility index (Phi) is 7.23. The molecule has 0 spiro atoms. The van der Waals surface area contributed by atoms with Gasteiger partial charge >= 0.3 is 0 Å². The quantitative estimate of drug-likeness (QED) is 0.152. The minimum atomic E-state index is -1.44. The highest BCUT2D eigenvalue weighted by molar-refractivity contribution is 6.32. The first-order chi connectivity index (χ1) is 24.8. The number of hydrogen-bond acceptors (Lipinski definition) is 5. The monoisotopic (exact) mass is 689 g/mol. The second-order valence-corrected chi connectivity index (χ2v) is 14.4. The third-order valence-corrected chi connectivity index (χ3v) is 11.9. The van der Waals surface area contributed by atoms with Crippen LogP contribution in [0.15, 0.2) is 139 Å². The normalized spacial score (nSPS) is 27.1. The molecule has 1 saturated carbocycles. The van der Waals surface area contributed by atoms with Crippen LogP contribution in [0, 0.1) is 23.7 Å². The molecule has 0 radical (unpaired) electrons. The number of carbonyl (C=O) groups excluding carboxylic acids is 4. The summed E-state index contributed by atoms with van der Waals surface area (Å²) in [6.45, 7) is 0. The molecule has 6 nitrogen and oxygen atoms in total. The number of halogens is 1. The molecule has 1 heterocycles. The SMILES string of the molecule is O=C1C(c2ccccc2)=CC(=O)[C@@]2(c3ccccc3)[C@@H](c3c(O)ccc4ccccc34)C3=CC[C@@H]4C(=O)N(c5ccc(Cl)cc5)C(=O)[C@@H]4[C@@H]3C[C@@H]12. The van der Waals surface area contributed by atoms with E-state index in [1.165, 1.54) is 11.0 Å². The largest absolute Gasteiger partial charge is 0.508 e. The van der Waals surface area contributed by atoms with Crippen molar-refractivity contribution in [3.05, 3.63) is 161 Å². The third-order valence-electron chi connectivity index (χ3n) is 11.7. The molecule has 6 atom stereocenters. The van der Waals surface area contributed by atoms with E-state index in [1.54, 1.807) is 30.3 Å². The van der Waals surface area contributed by atoms with E-state index >= 15 is 9.59 Å². The molecule has 5 aromatic rings. The van der Waals surface area contributed by atoms with Crippen molar-refractivity contribution in [2.24, 2.45) is 23.7 Å². The second-order valence-electron chi connectivity index (χ2n) is 14.0. The predicted octanol–water partition coefficient (Wildman–Crippen LogP) is 8.23. The van der Waals surface area contributed by atoms with Gasteiger partial charge in [0.25, 0.3) is 0 Å². The highest BCUT2D eigenvalue weighted by atomic mass is 35.5. The van der Waals surface area contributed by atoms with Crippen LogP contribution in [0.25, 0.3) is 16.3 Å². The number of hydrogen-bond donors (Lipinski definition) is 1. The van der Waals surface area contributed by atoms with Crippen molar-refractivity contribution < 1.29 is 24.3 Å². The Morgan fingerprint density at radius 1 is 0.725 bits per heavy atom. The molecule has 4 aliphatic rings. The van der Waals surface area contributed by atoms with Crippen molar-refractivity contribution in [3.8, 4) is 5.75 Å². The Hall–Kier alpha value is -5.59. The van der Waals surface area contributed by atoms with Crippen LogP contribution in [0.3, 0.4) is 0 Å². The van der Waals surface area contributed by atoms with E-state index in [9.17, 15) is 14.7 Å². The minimum Gasteiger partial charge on any atom is -0.508 e. The average molecular weight is 690 g/mol. The summed E-state index contributed by atoms with van der Waals surface area (Å²) >= 11 is 6.16. The van der Waals surface area contributed by atoms with E-state index in [1.807, 2.05) is 97.1 Å². The van der Waals surface area contributed by atoms with Crippen LogP contribution in [-0.4, -0.2) is 28.5 Å². The lowest BCUT2D eigenvalue weighted by molar-refractivity contribution is -0.135. The number of ketones is 2. The summed E-state index contributed by atoms with van der Waals surface area (Å²) in [5.41, 5.74) is 2.00. The van der Waals surface area contributed by atoms with Crippen LogP contribution in [0.2, 0.25) is 5.02 Å². The van der Waals surface area contributed by atoms with E-state index in [2.05, 4.69) is 0 Å². The van der Waals surface area contributed by atoms with Gasteiger partial charge in [0.15, 0.2) is 11.6 Å². The lowest BCUT2D eigenvalue weighted by atomic mass is 9.44. The van der Waals surface area contributed by atoms with Gasteiger partial charge in [0.1, 0.15) is 5.75 Å². The van der Waals surface area contributed by atoms with Gasteiger partial charge in [0, 0.05) is 28.0 Å². The van der Waals surface area contributed by atoms with E-state index in [-0.39, 0.29) is 42.0 Å². The lowest BCUT2D eigenvalue weighted by Gasteiger charge is -2.55. The number of rotatable bonds is 4. The van der Waals surface area contributed by atoms with Crippen LogP contribution in [0.5, 0.6) is 5.75 Å². The number of anilines is 1. The fourth-order valence-electron chi connectivity index (χ4n) is 9.62. The standard InChI is InChI=1S/C44H32ClNO5/c45-28-16-18-29(19-17-28)46-42(50)32-21-20-31-34(38(32)43(46)51)23-35-41(49)33(25-9-3-1-4-10-25)24-37(48)44(35,27-12-5-2-6-13-27)40(31)39-30-14-8-7-11-26(30)15-22-36(39)47/h1-20,22,24,32,34-35,38,40,47H,21,23H2/t32-,34+,35-,38-,40+,44-/m0/s1. The molecule has 1 aliphatic heterocycles. The van der Waals surface area contributed by atoms with Gasteiger partial charge in [-0.1, -0.05) is 114 Å². The number of allylic oxidation sites excluding steroid dienone is 4. The highest BCUT2D eigenvalue weighted by Gasteiger charge is 2.66. The summed E-state index contributed by atoms with van der Waals surface area (Å²) < 4.78 is 0. The van der Waals surface area contributed by atoms with Crippen LogP contribution in [0.1, 0.15) is 35.4 Å². The molecule has 0 aromatic heterocycles. The number of phenols is 1. The molecular formula is C44H32ClNO5. The molecule has 9 rings (SSSR count). The molecule has 2 fully saturated rings. The minimum absolute atomic E-state index is 0.00568. The summed E-state index contributed by atoms with van der Waals surface area (Å²) in [7, 11) is 0. The Bertz CT molecular complexity index is 2350. The van der Waals surface area contributed by atoms with Crippen molar-refractivity contribution in [3.63, 3.8) is 0 Å². The van der Waals surface area contributed by atoms with E-state index in [0.717, 1.165) is 16.3 Å².